The molecule has 0 spiro atoms. The highest BCUT2D eigenvalue weighted by molar-refractivity contribution is 5.94. The van der Waals surface area contributed by atoms with Crippen LogP contribution < -0.4 is 16.1 Å². The number of hydrogen-bond donors (Lipinski definition) is 2. The molecule has 0 bridgehead atoms. The molecule has 1 aliphatic heterocycles. The number of rotatable bonds is 5. The second kappa shape index (κ2) is 7.90. The van der Waals surface area contributed by atoms with Crippen molar-refractivity contribution in [2.75, 3.05) is 39.3 Å². The largest absolute Gasteiger partial charge is 0.353 e. The van der Waals surface area contributed by atoms with Crippen LogP contribution in [0.3, 0.4) is 0 Å². The summed E-state index contributed by atoms with van der Waals surface area (Å²) < 4.78 is 1.94. The summed E-state index contributed by atoms with van der Waals surface area (Å²) in [5, 5.41) is 7.64. The molecule has 0 unspecified atom stereocenters. The average molecular weight is 364 g/mol. The van der Waals surface area contributed by atoms with Crippen LogP contribution in [0.25, 0.3) is 21.8 Å². The predicted octanol–water partition coefficient (Wildman–Crippen LogP) is 1.18. The van der Waals surface area contributed by atoms with Crippen molar-refractivity contribution in [3.05, 3.63) is 58.8 Å². The van der Waals surface area contributed by atoms with Crippen LogP contribution in [0, 0.1) is 0 Å². The first-order chi connectivity index (χ1) is 13.2. The molecule has 1 fully saturated rings. The topological polar surface area (TPSA) is 66.4 Å². The van der Waals surface area contributed by atoms with Gasteiger partial charge in [-0.3, -0.25) is 14.5 Å². The Kier molecular flexibility index (Phi) is 5.18. The van der Waals surface area contributed by atoms with Gasteiger partial charge in [-0.15, -0.1) is 0 Å². The van der Waals surface area contributed by atoms with Gasteiger partial charge in [-0.05, 0) is 24.3 Å². The number of nitrogens with one attached hydrogen (secondary N) is 2. The van der Waals surface area contributed by atoms with Crippen molar-refractivity contribution in [3.63, 3.8) is 0 Å². The Morgan fingerprint density at radius 3 is 2.19 bits per heavy atom. The average Bonchev–Trinajstić information content (AvgIpc) is 2.72. The Morgan fingerprint density at radius 2 is 1.56 bits per heavy atom. The van der Waals surface area contributed by atoms with Gasteiger partial charge in [-0.2, -0.15) is 0 Å². The number of aromatic nitrogens is 1. The van der Waals surface area contributed by atoms with Gasteiger partial charge in [0, 0.05) is 50.0 Å². The summed E-state index contributed by atoms with van der Waals surface area (Å²) in [6, 6.07) is 15.0. The van der Waals surface area contributed by atoms with Crippen LogP contribution in [-0.4, -0.2) is 54.6 Å². The maximum Gasteiger partial charge on any atom is 0.240 e. The van der Waals surface area contributed by atoms with Gasteiger partial charge in [-0.25, -0.2) is 0 Å². The fourth-order valence-electron chi connectivity index (χ4n) is 3.73. The van der Waals surface area contributed by atoms with Gasteiger partial charge in [0.05, 0.1) is 11.0 Å². The summed E-state index contributed by atoms with van der Waals surface area (Å²) in [6.07, 6.45) is 0. The van der Waals surface area contributed by atoms with Crippen LogP contribution in [0.1, 0.15) is 0 Å². The lowest BCUT2D eigenvalue weighted by atomic mass is 10.1. The van der Waals surface area contributed by atoms with E-state index >= 15 is 0 Å². The van der Waals surface area contributed by atoms with Crippen molar-refractivity contribution in [2.24, 2.45) is 0 Å². The lowest BCUT2D eigenvalue weighted by Gasteiger charge is -2.27. The van der Waals surface area contributed by atoms with E-state index in [0.717, 1.165) is 43.8 Å². The van der Waals surface area contributed by atoms with E-state index in [9.17, 15) is 9.59 Å². The Bertz CT molecular complexity index is 962. The molecule has 0 radical (unpaired) electrons. The third kappa shape index (κ3) is 3.72. The van der Waals surface area contributed by atoms with E-state index in [4.69, 9.17) is 0 Å². The van der Waals surface area contributed by atoms with Crippen molar-refractivity contribution in [1.29, 1.82) is 0 Å². The zero-order chi connectivity index (χ0) is 18.6. The fourth-order valence-corrected chi connectivity index (χ4v) is 3.73. The molecule has 2 heterocycles. The minimum Gasteiger partial charge on any atom is -0.353 e. The number of carbonyl (C=O) groups is 1. The maximum atomic E-state index is 12.7. The van der Waals surface area contributed by atoms with E-state index in [1.54, 1.807) is 0 Å². The number of hydrogen-bond acceptors (Lipinski definition) is 4. The van der Waals surface area contributed by atoms with Gasteiger partial charge >= 0.3 is 0 Å². The van der Waals surface area contributed by atoms with Crippen LogP contribution in [0.4, 0.5) is 0 Å². The van der Waals surface area contributed by atoms with Crippen LogP contribution in [0.15, 0.2) is 53.3 Å². The van der Waals surface area contributed by atoms with Crippen molar-refractivity contribution in [3.8, 4) is 0 Å². The fraction of sp³-hybridized carbons (Fsp3) is 0.333. The molecular formula is C21H24N4O2. The van der Waals surface area contributed by atoms with E-state index in [0.29, 0.717) is 17.3 Å². The number of amides is 1. The van der Waals surface area contributed by atoms with Crippen LogP contribution >= 0.6 is 0 Å². The standard InChI is InChI=1S/C21H24N4O2/c26-20(23-11-14-24-12-9-22-10-13-24)15-25-18-7-3-1-5-16(18)21(27)17-6-2-4-8-19(17)25/h1-8,22H,9-15H2,(H,23,26). The summed E-state index contributed by atoms with van der Waals surface area (Å²) in [6.45, 7) is 5.74. The van der Waals surface area contributed by atoms with Crippen molar-refractivity contribution in [2.45, 2.75) is 6.54 Å². The second-order valence-corrected chi connectivity index (χ2v) is 6.89. The molecule has 1 saturated heterocycles. The number of nitrogens with zero attached hydrogens (tertiary/aromatic N) is 2. The molecule has 2 aromatic carbocycles. The quantitative estimate of drug-likeness (QED) is 0.667. The molecule has 0 atom stereocenters. The van der Waals surface area contributed by atoms with E-state index in [1.807, 2.05) is 53.1 Å². The molecule has 1 aliphatic rings. The summed E-state index contributed by atoms with van der Waals surface area (Å²) >= 11 is 0. The lowest BCUT2D eigenvalue weighted by molar-refractivity contribution is -0.121. The molecule has 6 heteroatoms. The highest BCUT2D eigenvalue weighted by atomic mass is 16.2. The third-order valence-corrected chi connectivity index (χ3v) is 5.14. The first-order valence-corrected chi connectivity index (χ1v) is 9.44. The molecule has 1 amide bonds. The van der Waals surface area contributed by atoms with Crippen molar-refractivity contribution < 1.29 is 4.79 Å². The van der Waals surface area contributed by atoms with Crippen LogP contribution in [0.5, 0.6) is 0 Å². The second-order valence-electron chi connectivity index (χ2n) is 6.89. The molecule has 3 aromatic rings. The molecule has 27 heavy (non-hydrogen) atoms. The minimum absolute atomic E-state index is 0.0107. The Balaban J connectivity index is 1.56. The van der Waals surface area contributed by atoms with E-state index in [2.05, 4.69) is 15.5 Å². The van der Waals surface area contributed by atoms with Crippen molar-refractivity contribution >= 4 is 27.7 Å². The van der Waals surface area contributed by atoms with E-state index in [-0.39, 0.29) is 17.9 Å². The molecule has 0 saturated carbocycles. The molecule has 0 aliphatic carbocycles. The number of para-hydroxylation sites is 2. The molecule has 1 aromatic heterocycles. The summed E-state index contributed by atoms with van der Waals surface area (Å²) in [5.74, 6) is -0.0379. The maximum absolute atomic E-state index is 12.7. The zero-order valence-corrected chi connectivity index (χ0v) is 15.3. The third-order valence-electron chi connectivity index (χ3n) is 5.14. The number of piperazine rings is 1. The van der Waals surface area contributed by atoms with Gasteiger partial charge in [0.1, 0.15) is 6.54 Å². The van der Waals surface area contributed by atoms with Crippen molar-refractivity contribution in [1.82, 2.24) is 20.1 Å². The number of benzene rings is 2. The number of fused-ring (bicyclic) bond motifs is 2. The first-order valence-electron chi connectivity index (χ1n) is 9.44. The zero-order valence-electron chi connectivity index (χ0n) is 15.3. The minimum atomic E-state index is -0.0379. The molecular weight excluding hydrogens is 340 g/mol. The molecule has 140 valence electrons. The summed E-state index contributed by atoms with van der Waals surface area (Å²) in [4.78, 5) is 27.7. The van der Waals surface area contributed by atoms with Gasteiger partial charge in [0.25, 0.3) is 0 Å². The Morgan fingerprint density at radius 1 is 0.963 bits per heavy atom. The Hall–Kier alpha value is -2.70. The van der Waals surface area contributed by atoms with Gasteiger partial charge in [0.2, 0.25) is 5.91 Å². The smallest absolute Gasteiger partial charge is 0.240 e. The highest BCUT2D eigenvalue weighted by Gasteiger charge is 2.13. The normalized spacial score (nSPS) is 15.3. The van der Waals surface area contributed by atoms with E-state index < -0.39 is 0 Å². The monoisotopic (exact) mass is 364 g/mol. The predicted molar refractivity (Wildman–Crippen MR) is 108 cm³/mol. The number of pyridine rings is 1. The van der Waals surface area contributed by atoms with Gasteiger partial charge < -0.3 is 15.2 Å². The van der Waals surface area contributed by atoms with Crippen LogP contribution in [0.2, 0.25) is 0 Å². The highest BCUT2D eigenvalue weighted by Crippen LogP contribution is 2.18. The SMILES string of the molecule is O=C(Cn1c2ccccc2c(=O)c2ccccc21)NCCN1CCNCC1. The number of carbonyl (C=O) groups excluding carboxylic acids is 1. The molecule has 6 nitrogen and oxygen atoms in total. The van der Waals surface area contributed by atoms with Gasteiger partial charge in [0.15, 0.2) is 5.43 Å². The van der Waals surface area contributed by atoms with E-state index in [1.165, 1.54) is 0 Å². The molecule has 2 N–H and O–H groups in total. The first kappa shape index (κ1) is 17.7. The summed E-state index contributed by atoms with van der Waals surface area (Å²) in [7, 11) is 0. The van der Waals surface area contributed by atoms with Gasteiger partial charge in [-0.1, -0.05) is 24.3 Å². The lowest BCUT2D eigenvalue weighted by Crippen LogP contribution is -2.46. The molecule has 4 rings (SSSR count). The van der Waals surface area contributed by atoms with Crippen LogP contribution in [-0.2, 0) is 11.3 Å². The Labute approximate surface area is 157 Å². The summed E-state index contributed by atoms with van der Waals surface area (Å²) in [5.41, 5.74) is 1.59.